The lowest BCUT2D eigenvalue weighted by atomic mass is 10.1. The van der Waals surface area contributed by atoms with Crippen LogP contribution in [0.15, 0.2) is 65.1 Å². The third kappa shape index (κ3) is 5.30. The molecule has 0 aliphatic carbocycles. The number of aromatic nitrogens is 1. The number of nitrogens with zero attached hydrogens (tertiary/aromatic N) is 2. The summed E-state index contributed by atoms with van der Waals surface area (Å²) in [4.78, 5) is 19.2. The van der Waals surface area contributed by atoms with E-state index in [0.717, 1.165) is 29.0 Å². The Kier molecular flexibility index (Phi) is 6.98. The Labute approximate surface area is 166 Å². The summed E-state index contributed by atoms with van der Waals surface area (Å²) in [6.07, 6.45) is 1.64. The van der Waals surface area contributed by atoms with Gasteiger partial charge in [-0.2, -0.15) is 0 Å². The summed E-state index contributed by atoms with van der Waals surface area (Å²) in [5, 5.41) is 0. The van der Waals surface area contributed by atoms with E-state index in [1.807, 2.05) is 72.5 Å². The van der Waals surface area contributed by atoms with Crippen LogP contribution in [0.25, 0.3) is 11.3 Å². The van der Waals surface area contributed by atoms with Crippen molar-refractivity contribution in [2.75, 3.05) is 13.1 Å². The van der Waals surface area contributed by atoms with Crippen LogP contribution < -0.4 is 5.73 Å². The Balaban J connectivity index is 1.64. The van der Waals surface area contributed by atoms with E-state index in [0.29, 0.717) is 38.4 Å². The van der Waals surface area contributed by atoms with Gasteiger partial charge in [0, 0.05) is 31.5 Å². The van der Waals surface area contributed by atoms with E-state index in [9.17, 15) is 4.79 Å². The van der Waals surface area contributed by atoms with E-state index in [4.69, 9.17) is 10.2 Å². The second-order valence-electron chi connectivity index (χ2n) is 6.83. The molecule has 0 unspecified atom stereocenters. The zero-order valence-electron chi connectivity index (χ0n) is 16.3. The fourth-order valence-electron chi connectivity index (χ4n) is 3.17. The highest BCUT2D eigenvalue weighted by Crippen LogP contribution is 2.24. The minimum absolute atomic E-state index is 0.0921. The standard InChI is InChI=1S/C23H27N3O2/c1-18-23(20-11-6-3-7-12-20)28-21(25-18)13-14-22(27)26(16-8-15-24)17-19-9-4-2-5-10-19/h2-7,9-12H,8,13-17,24H2,1H3. The van der Waals surface area contributed by atoms with E-state index in [2.05, 4.69) is 4.98 Å². The smallest absolute Gasteiger partial charge is 0.223 e. The second-order valence-corrected chi connectivity index (χ2v) is 6.83. The lowest BCUT2D eigenvalue weighted by molar-refractivity contribution is -0.131. The van der Waals surface area contributed by atoms with Crippen molar-refractivity contribution in [1.82, 2.24) is 9.88 Å². The first kappa shape index (κ1) is 19.8. The van der Waals surface area contributed by atoms with E-state index in [1.54, 1.807) is 0 Å². The number of aryl methyl sites for hydroxylation is 2. The summed E-state index contributed by atoms with van der Waals surface area (Å²) >= 11 is 0. The van der Waals surface area contributed by atoms with Crippen molar-refractivity contribution in [3.05, 3.63) is 77.8 Å². The van der Waals surface area contributed by atoms with Crippen LogP contribution in [0.4, 0.5) is 0 Å². The molecule has 1 heterocycles. The molecular weight excluding hydrogens is 350 g/mol. The molecule has 0 aliphatic heterocycles. The SMILES string of the molecule is Cc1nc(CCC(=O)N(CCCN)Cc2ccccc2)oc1-c1ccccc1. The third-order valence-electron chi connectivity index (χ3n) is 4.63. The van der Waals surface area contributed by atoms with Crippen molar-refractivity contribution in [2.24, 2.45) is 5.73 Å². The molecule has 3 aromatic rings. The monoisotopic (exact) mass is 377 g/mol. The van der Waals surface area contributed by atoms with Crippen LogP contribution >= 0.6 is 0 Å². The molecule has 5 nitrogen and oxygen atoms in total. The summed E-state index contributed by atoms with van der Waals surface area (Å²) in [6.45, 7) is 3.75. The molecule has 1 aromatic heterocycles. The first-order valence-corrected chi connectivity index (χ1v) is 9.71. The lowest BCUT2D eigenvalue weighted by Crippen LogP contribution is -2.32. The maximum Gasteiger partial charge on any atom is 0.223 e. The summed E-state index contributed by atoms with van der Waals surface area (Å²) in [6, 6.07) is 19.9. The first-order chi connectivity index (χ1) is 13.7. The number of hydrogen-bond acceptors (Lipinski definition) is 4. The van der Waals surface area contributed by atoms with Gasteiger partial charge in [-0.3, -0.25) is 4.79 Å². The topological polar surface area (TPSA) is 72.4 Å². The molecule has 0 fully saturated rings. The van der Waals surface area contributed by atoms with Crippen molar-refractivity contribution >= 4 is 5.91 Å². The van der Waals surface area contributed by atoms with Gasteiger partial charge in [-0.15, -0.1) is 0 Å². The number of rotatable bonds is 9. The molecular formula is C23H27N3O2. The van der Waals surface area contributed by atoms with Crippen LogP contribution in [0, 0.1) is 6.92 Å². The van der Waals surface area contributed by atoms with Gasteiger partial charge in [-0.25, -0.2) is 4.98 Å². The molecule has 0 saturated heterocycles. The van der Waals surface area contributed by atoms with Crippen molar-refractivity contribution in [3.63, 3.8) is 0 Å². The fourth-order valence-corrected chi connectivity index (χ4v) is 3.17. The summed E-state index contributed by atoms with van der Waals surface area (Å²) in [5.41, 5.74) is 8.61. The predicted molar refractivity (Wildman–Crippen MR) is 111 cm³/mol. The summed E-state index contributed by atoms with van der Waals surface area (Å²) in [5.74, 6) is 1.46. The Bertz CT molecular complexity index is 875. The molecule has 0 atom stereocenters. The molecule has 2 N–H and O–H groups in total. The molecule has 3 rings (SSSR count). The minimum atomic E-state index is 0.0921. The molecule has 2 aromatic carbocycles. The quantitative estimate of drug-likeness (QED) is 0.613. The Morgan fingerprint density at radius 3 is 2.43 bits per heavy atom. The number of amides is 1. The average Bonchev–Trinajstić information content (AvgIpc) is 3.11. The van der Waals surface area contributed by atoms with Crippen LogP contribution in [0.3, 0.4) is 0 Å². The molecule has 5 heteroatoms. The number of hydrogen-bond donors (Lipinski definition) is 1. The Morgan fingerprint density at radius 2 is 1.75 bits per heavy atom. The van der Waals surface area contributed by atoms with Crippen LogP contribution in [0.5, 0.6) is 0 Å². The van der Waals surface area contributed by atoms with Gasteiger partial charge < -0.3 is 15.1 Å². The van der Waals surface area contributed by atoms with Crippen molar-refractivity contribution in [2.45, 2.75) is 32.7 Å². The highest BCUT2D eigenvalue weighted by atomic mass is 16.4. The zero-order chi connectivity index (χ0) is 19.8. The zero-order valence-corrected chi connectivity index (χ0v) is 16.3. The second kappa shape index (κ2) is 9.85. The van der Waals surface area contributed by atoms with Gasteiger partial charge in [0.2, 0.25) is 5.91 Å². The molecule has 146 valence electrons. The van der Waals surface area contributed by atoms with Gasteiger partial charge in [-0.1, -0.05) is 60.7 Å². The summed E-state index contributed by atoms with van der Waals surface area (Å²) in [7, 11) is 0. The predicted octanol–water partition coefficient (Wildman–Crippen LogP) is 3.96. The fraction of sp³-hybridized carbons (Fsp3) is 0.304. The molecule has 0 saturated carbocycles. The van der Waals surface area contributed by atoms with Gasteiger partial charge in [-0.05, 0) is 25.5 Å². The molecule has 28 heavy (non-hydrogen) atoms. The number of benzene rings is 2. The number of carbonyl (C=O) groups excluding carboxylic acids is 1. The number of oxazole rings is 1. The molecule has 0 spiro atoms. The summed E-state index contributed by atoms with van der Waals surface area (Å²) < 4.78 is 5.93. The van der Waals surface area contributed by atoms with E-state index >= 15 is 0 Å². The van der Waals surface area contributed by atoms with Crippen molar-refractivity contribution < 1.29 is 9.21 Å². The Morgan fingerprint density at radius 1 is 1.07 bits per heavy atom. The van der Waals surface area contributed by atoms with Crippen molar-refractivity contribution in [1.29, 1.82) is 0 Å². The molecule has 0 radical (unpaired) electrons. The van der Waals surface area contributed by atoms with E-state index < -0.39 is 0 Å². The van der Waals surface area contributed by atoms with Gasteiger partial charge in [0.25, 0.3) is 0 Å². The van der Waals surface area contributed by atoms with Gasteiger partial charge >= 0.3 is 0 Å². The van der Waals surface area contributed by atoms with Gasteiger partial charge in [0.1, 0.15) is 0 Å². The van der Waals surface area contributed by atoms with Gasteiger partial charge in [0.05, 0.1) is 5.69 Å². The van der Waals surface area contributed by atoms with E-state index in [1.165, 1.54) is 0 Å². The normalized spacial score (nSPS) is 10.8. The van der Waals surface area contributed by atoms with Gasteiger partial charge in [0.15, 0.2) is 11.7 Å². The van der Waals surface area contributed by atoms with E-state index in [-0.39, 0.29) is 5.91 Å². The lowest BCUT2D eigenvalue weighted by Gasteiger charge is -2.22. The molecule has 0 bridgehead atoms. The van der Waals surface area contributed by atoms with Crippen LogP contribution in [-0.2, 0) is 17.8 Å². The molecule has 1 amide bonds. The van der Waals surface area contributed by atoms with Crippen LogP contribution in [0.2, 0.25) is 0 Å². The third-order valence-corrected chi connectivity index (χ3v) is 4.63. The maximum atomic E-state index is 12.8. The van der Waals surface area contributed by atoms with Crippen LogP contribution in [-0.4, -0.2) is 28.9 Å². The number of carbonyl (C=O) groups is 1. The first-order valence-electron chi connectivity index (χ1n) is 9.71. The largest absolute Gasteiger partial charge is 0.440 e. The average molecular weight is 377 g/mol. The van der Waals surface area contributed by atoms with Crippen molar-refractivity contribution in [3.8, 4) is 11.3 Å². The molecule has 0 aliphatic rings. The maximum absolute atomic E-state index is 12.8. The highest BCUT2D eigenvalue weighted by molar-refractivity contribution is 5.76. The highest BCUT2D eigenvalue weighted by Gasteiger charge is 2.17. The Hall–Kier alpha value is -2.92. The number of nitrogens with two attached hydrogens (primary N) is 1. The van der Waals surface area contributed by atoms with Crippen LogP contribution in [0.1, 0.15) is 30.0 Å². The minimum Gasteiger partial charge on any atom is -0.440 e.